The summed E-state index contributed by atoms with van der Waals surface area (Å²) in [6, 6.07) is 4.12. The third-order valence-electron chi connectivity index (χ3n) is 3.34. The van der Waals surface area contributed by atoms with Crippen LogP contribution in [-0.4, -0.2) is 34.0 Å². The molecule has 0 bridgehead atoms. The highest BCUT2D eigenvalue weighted by molar-refractivity contribution is 5.76. The fourth-order valence-electron chi connectivity index (χ4n) is 2.22. The topological polar surface area (TPSA) is 53.4 Å². The number of pyridine rings is 1. The molecular formula is C14H20N2O2. The Morgan fingerprint density at radius 2 is 2.28 bits per heavy atom. The van der Waals surface area contributed by atoms with E-state index in [0.717, 1.165) is 23.4 Å². The Morgan fingerprint density at radius 3 is 2.94 bits per heavy atom. The van der Waals surface area contributed by atoms with Gasteiger partial charge < -0.3 is 10.0 Å². The number of fused-ring (bicyclic) bond motifs is 1. The maximum absolute atomic E-state index is 11.7. The molecule has 0 atom stereocenters. The normalized spacial score (nSPS) is 14.8. The number of hydrogen-bond acceptors (Lipinski definition) is 3. The van der Waals surface area contributed by atoms with E-state index in [1.807, 2.05) is 6.07 Å². The first-order valence-electron chi connectivity index (χ1n) is 6.49. The van der Waals surface area contributed by atoms with E-state index in [1.54, 1.807) is 4.90 Å². The number of aromatic nitrogens is 1. The van der Waals surface area contributed by atoms with Crippen LogP contribution in [0.5, 0.6) is 0 Å². The average Bonchev–Trinajstić information content (AvgIpc) is 2.37. The van der Waals surface area contributed by atoms with Crippen molar-refractivity contribution in [2.75, 3.05) is 13.2 Å². The molecule has 1 N–H and O–H groups in total. The van der Waals surface area contributed by atoms with Crippen LogP contribution in [-0.2, 0) is 17.8 Å². The van der Waals surface area contributed by atoms with E-state index in [-0.39, 0.29) is 18.9 Å². The van der Waals surface area contributed by atoms with Gasteiger partial charge in [0.2, 0.25) is 5.91 Å². The van der Waals surface area contributed by atoms with Crippen molar-refractivity contribution in [3.05, 3.63) is 29.1 Å². The van der Waals surface area contributed by atoms with Crippen molar-refractivity contribution in [2.24, 2.45) is 0 Å². The number of carbonyl (C=O) groups is 1. The number of nitrogens with zero attached hydrogens (tertiary/aromatic N) is 2. The molecule has 0 unspecified atom stereocenters. The summed E-state index contributed by atoms with van der Waals surface area (Å²) in [4.78, 5) is 18.2. The van der Waals surface area contributed by atoms with Crippen LogP contribution < -0.4 is 0 Å². The molecule has 2 heterocycles. The number of carbonyl (C=O) groups excluding carboxylic acids is 1. The van der Waals surface area contributed by atoms with Crippen molar-refractivity contribution in [3.8, 4) is 0 Å². The van der Waals surface area contributed by atoms with E-state index in [2.05, 4.69) is 24.9 Å². The monoisotopic (exact) mass is 248 g/mol. The molecule has 0 saturated carbocycles. The van der Waals surface area contributed by atoms with Gasteiger partial charge in [-0.2, -0.15) is 0 Å². The van der Waals surface area contributed by atoms with Crippen LogP contribution in [0, 0.1) is 0 Å². The third kappa shape index (κ3) is 2.70. The number of aliphatic hydroxyl groups excluding tert-OH is 1. The van der Waals surface area contributed by atoms with Crippen LogP contribution in [0.2, 0.25) is 0 Å². The van der Waals surface area contributed by atoms with Crippen molar-refractivity contribution in [3.63, 3.8) is 0 Å². The molecule has 0 fully saturated rings. The minimum Gasteiger partial charge on any atom is -0.396 e. The molecule has 1 aliphatic rings. The second kappa shape index (κ2) is 5.48. The van der Waals surface area contributed by atoms with E-state index in [1.165, 1.54) is 0 Å². The average molecular weight is 248 g/mol. The second-order valence-electron chi connectivity index (χ2n) is 5.04. The van der Waals surface area contributed by atoms with Gasteiger partial charge in [0.05, 0.1) is 6.61 Å². The number of amides is 1. The van der Waals surface area contributed by atoms with E-state index < -0.39 is 0 Å². The number of aliphatic hydroxyl groups is 1. The molecule has 98 valence electrons. The van der Waals surface area contributed by atoms with Gasteiger partial charge in [0.25, 0.3) is 0 Å². The summed E-state index contributed by atoms with van der Waals surface area (Å²) in [6.07, 6.45) is 1.03. The van der Waals surface area contributed by atoms with Crippen LogP contribution in [0.4, 0.5) is 0 Å². The fourth-order valence-corrected chi connectivity index (χ4v) is 2.22. The Morgan fingerprint density at radius 1 is 1.50 bits per heavy atom. The smallest absolute Gasteiger partial charge is 0.225 e. The second-order valence-corrected chi connectivity index (χ2v) is 5.04. The Kier molecular flexibility index (Phi) is 3.97. The third-order valence-corrected chi connectivity index (χ3v) is 3.34. The van der Waals surface area contributed by atoms with Crippen molar-refractivity contribution in [2.45, 2.75) is 39.2 Å². The fraction of sp³-hybridized carbons (Fsp3) is 0.571. The largest absolute Gasteiger partial charge is 0.396 e. The van der Waals surface area contributed by atoms with Crippen molar-refractivity contribution in [1.82, 2.24) is 9.88 Å². The lowest BCUT2D eigenvalue weighted by Gasteiger charge is -2.28. The summed E-state index contributed by atoms with van der Waals surface area (Å²) < 4.78 is 0. The first-order valence-corrected chi connectivity index (χ1v) is 6.49. The SMILES string of the molecule is CC(C)c1ccc2c(n1)CCN(C(=O)CCO)C2. The van der Waals surface area contributed by atoms with Gasteiger partial charge in [-0.1, -0.05) is 19.9 Å². The lowest BCUT2D eigenvalue weighted by atomic mass is 10.0. The molecule has 0 saturated heterocycles. The molecule has 0 aliphatic carbocycles. The van der Waals surface area contributed by atoms with Gasteiger partial charge >= 0.3 is 0 Å². The molecular weight excluding hydrogens is 228 g/mol. The molecule has 1 aromatic rings. The molecule has 1 amide bonds. The lowest BCUT2D eigenvalue weighted by molar-refractivity contribution is -0.132. The molecule has 0 aromatic carbocycles. The van der Waals surface area contributed by atoms with Crippen molar-refractivity contribution < 1.29 is 9.90 Å². The van der Waals surface area contributed by atoms with E-state index in [0.29, 0.717) is 19.0 Å². The summed E-state index contributed by atoms with van der Waals surface area (Å²) in [6.45, 7) is 5.52. The molecule has 4 heteroatoms. The Hall–Kier alpha value is -1.42. The molecule has 18 heavy (non-hydrogen) atoms. The van der Waals surface area contributed by atoms with E-state index in [9.17, 15) is 4.79 Å². The zero-order chi connectivity index (χ0) is 13.1. The first kappa shape index (κ1) is 13.0. The minimum atomic E-state index is -0.0767. The van der Waals surface area contributed by atoms with Crippen molar-refractivity contribution >= 4 is 5.91 Å². The minimum absolute atomic E-state index is 0.0242. The highest BCUT2D eigenvalue weighted by Gasteiger charge is 2.21. The van der Waals surface area contributed by atoms with Gasteiger partial charge in [0, 0.05) is 37.3 Å². The number of rotatable bonds is 3. The molecule has 0 spiro atoms. The molecule has 0 radical (unpaired) electrons. The van der Waals surface area contributed by atoms with E-state index >= 15 is 0 Å². The Balaban J connectivity index is 2.13. The summed E-state index contributed by atoms with van der Waals surface area (Å²) >= 11 is 0. The van der Waals surface area contributed by atoms with Gasteiger partial charge in [-0.25, -0.2) is 0 Å². The quantitative estimate of drug-likeness (QED) is 0.881. The number of hydrogen-bond donors (Lipinski definition) is 1. The van der Waals surface area contributed by atoms with Gasteiger partial charge in [-0.05, 0) is 17.5 Å². The predicted octanol–water partition coefficient (Wildman–Crippen LogP) is 1.47. The van der Waals surface area contributed by atoms with Gasteiger partial charge in [-0.3, -0.25) is 9.78 Å². The molecule has 2 rings (SSSR count). The summed E-state index contributed by atoms with van der Waals surface area (Å²) in [5.41, 5.74) is 3.37. The zero-order valence-corrected chi connectivity index (χ0v) is 11.0. The Labute approximate surface area is 108 Å². The van der Waals surface area contributed by atoms with Gasteiger partial charge in [-0.15, -0.1) is 0 Å². The Bertz CT molecular complexity index is 443. The van der Waals surface area contributed by atoms with Crippen LogP contribution in [0.25, 0.3) is 0 Å². The highest BCUT2D eigenvalue weighted by Crippen LogP contribution is 2.21. The molecule has 4 nitrogen and oxygen atoms in total. The maximum atomic E-state index is 11.7. The van der Waals surface area contributed by atoms with Crippen LogP contribution in [0.15, 0.2) is 12.1 Å². The summed E-state index contributed by atoms with van der Waals surface area (Å²) in [5, 5.41) is 8.80. The van der Waals surface area contributed by atoms with Gasteiger partial charge in [0.1, 0.15) is 0 Å². The lowest BCUT2D eigenvalue weighted by Crippen LogP contribution is -2.36. The van der Waals surface area contributed by atoms with Gasteiger partial charge in [0.15, 0.2) is 0 Å². The zero-order valence-electron chi connectivity index (χ0n) is 11.0. The highest BCUT2D eigenvalue weighted by atomic mass is 16.3. The summed E-state index contributed by atoms with van der Waals surface area (Å²) in [5.74, 6) is 0.459. The maximum Gasteiger partial charge on any atom is 0.225 e. The van der Waals surface area contributed by atoms with Crippen LogP contribution in [0.3, 0.4) is 0 Å². The van der Waals surface area contributed by atoms with Crippen LogP contribution in [0.1, 0.15) is 43.1 Å². The molecule has 1 aliphatic heterocycles. The van der Waals surface area contributed by atoms with Crippen LogP contribution >= 0.6 is 0 Å². The standard InChI is InChI=1S/C14H20N2O2/c1-10(2)12-4-3-11-9-16(14(18)6-8-17)7-5-13(11)15-12/h3-4,10,17H,5-9H2,1-2H3. The summed E-state index contributed by atoms with van der Waals surface area (Å²) in [7, 11) is 0. The van der Waals surface area contributed by atoms with Crippen molar-refractivity contribution in [1.29, 1.82) is 0 Å². The predicted molar refractivity (Wildman–Crippen MR) is 69.1 cm³/mol. The first-order chi connectivity index (χ1) is 8.61. The molecule has 1 aromatic heterocycles. The van der Waals surface area contributed by atoms with E-state index in [4.69, 9.17) is 5.11 Å².